The fourth-order valence-corrected chi connectivity index (χ4v) is 2.21. The van der Waals surface area contributed by atoms with Crippen LogP contribution in [0.4, 0.5) is 0 Å². The van der Waals surface area contributed by atoms with Gasteiger partial charge in [-0.25, -0.2) is 0 Å². The van der Waals surface area contributed by atoms with Crippen LogP contribution < -0.4 is 4.74 Å². The molecule has 0 atom stereocenters. The molecule has 1 heterocycles. The van der Waals surface area contributed by atoms with Crippen LogP contribution in [0.15, 0.2) is 18.2 Å². The molecule has 0 saturated carbocycles. The molecule has 0 bridgehead atoms. The van der Waals surface area contributed by atoms with Gasteiger partial charge in [0.25, 0.3) is 0 Å². The smallest absolute Gasteiger partial charge is 0.239 e. The van der Waals surface area contributed by atoms with Crippen molar-refractivity contribution in [1.29, 1.82) is 0 Å². The van der Waals surface area contributed by atoms with Crippen LogP contribution >= 0.6 is 46.4 Å². The molecule has 19 heavy (non-hydrogen) atoms. The number of nitrogens with zero attached hydrogens (tertiary/aromatic N) is 1. The summed E-state index contributed by atoms with van der Waals surface area (Å²) in [6.45, 7) is 3.79. The summed E-state index contributed by atoms with van der Waals surface area (Å²) >= 11 is 23.7. The zero-order valence-corrected chi connectivity index (χ0v) is 13.1. The number of benzene rings is 1. The summed E-state index contributed by atoms with van der Waals surface area (Å²) in [5, 5.41) is 1.42. The van der Waals surface area contributed by atoms with Crippen molar-refractivity contribution in [1.82, 2.24) is 4.98 Å². The van der Waals surface area contributed by atoms with E-state index in [0.29, 0.717) is 15.8 Å². The van der Waals surface area contributed by atoms with E-state index in [9.17, 15) is 0 Å². The van der Waals surface area contributed by atoms with Gasteiger partial charge in [0.2, 0.25) is 5.88 Å². The Morgan fingerprint density at radius 2 is 1.47 bits per heavy atom. The first-order valence-corrected chi connectivity index (χ1v) is 6.86. The highest BCUT2D eigenvalue weighted by atomic mass is 35.5. The quantitative estimate of drug-likeness (QED) is 0.617. The van der Waals surface area contributed by atoms with Gasteiger partial charge in [-0.15, -0.1) is 0 Å². The van der Waals surface area contributed by atoms with E-state index in [1.807, 2.05) is 13.8 Å². The van der Waals surface area contributed by atoms with Gasteiger partial charge in [0.1, 0.15) is 10.8 Å². The van der Waals surface area contributed by atoms with Gasteiger partial charge in [-0.1, -0.05) is 46.4 Å². The van der Waals surface area contributed by atoms with E-state index in [4.69, 9.17) is 51.1 Å². The molecule has 0 N–H and O–H groups in total. The van der Waals surface area contributed by atoms with Gasteiger partial charge < -0.3 is 4.74 Å². The van der Waals surface area contributed by atoms with Gasteiger partial charge in [-0.3, -0.25) is 0 Å². The van der Waals surface area contributed by atoms with Gasteiger partial charge in [0, 0.05) is 5.02 Å². The first kappa shape index (κ1) is 14.7. The van der Waals surface area contributed by atoms with Crippen molar-refractivity contribution in [2.75, 3.05) is 0 Å². The maximum atomic E-state index is 6.09. The van der Waals surface area contributed by atoms with Gasteiger partial charge in [0.05, 0.1) is 5.02 Å². The molecule has 1 aromatic carbocycles. The number of aryl methyl sites for hydroxylation is 2. The van der Waals surface area contributed by atoms with Gasteiger partial charge >= 0.3 is 0 Å². The van der Waals surface area contributed by atoms with Crippen molar-refractivity contribution in [2.45, 2.75) is 13.8 Å². The van der Waals surface area contributed by atoms with E-state index in [1.165, 1.54) is 6.07 Å². The highest BCUT2D eigenvalue weighted by Crippen LogP contribution is 2.34. The summed E-state index contributed by atoms with van der Waals surface area (Å²) < 4.78 is 5.62. The Balaban J connectivity index is 2.39. The third-order valence-corrected chi connectivity index (χ3v) is 4.02. The second-order valence-corrected chi connectivity index (χ2v) is 5.57. The number of aromatic nitrogens is 1. The molecule has 0 spiro atoms. The predicted octanol–water partition coefficient (Wildman–Crippen LogP) is 6.10. The summed E-state index contributed by atoms with van der Waals surface area (Å²) in [5.41, 5.74) is 1.82. The fourth-order valence-electron chi connectivity index (χ4n) is 1.58. The summed E-state index contributed by atoms with van der Waals surface area (Å²) in [7, 11) is 0. The molecule has 100 valence electrons. The second kappa shape index (κ2) is 5.76. The number of rotatable bonds is 2. The lowest BCUT2D eigenvalue weighted by atomic mass is 10.1. The number of ether oxygens (including phenoxy) is 1. The van der Waals surface area contributed by atoms with E-state index in [-0.39, 0.29) is 16.1 Å². The molecule has 0 radical (unpaired) electrons. The second-order valence-electron chi connectivity index (χ2n) is 4.02. The molecule has 0 aliphatic heterocycles. The van der Waals surface area contributed by atoms with Gasteiger partial charge in [-0.05, 0) is 43.2 Å². The Labute approximate surface area is 131 Å². The van der Waals surface area contributed by atoms with Crippen molar-refractivity contribution >= 4 is 46.4 Å². The van der Waals surface area contributed by atoms with Crippen LogP contribution in [0.3, 0.4) is 0 Å². The SMILES string of the molecule is Cc1cc(Oc2nc(Cl)c(Cl)cc2Cl)cc(C)c1Cl. The summed E-state index contributed by atoms with van der Waals surface area (Å²) in [5.74, 6) is 0.796. The Hall–Kier alpha value is -0.670. The predicted molar refractivity (Wildman–Crippen MR) is 80.3 cm³/mol. The summed E-state index contributed by atoms with van der Waals surface area (Å²) in [6, 6.07) is 5.09. The largest absolute Gasteiger partial charge is 0.437 e. The lowest BCUT2D eigenvalue weighted by Crippen LogP contribution is -1.92. The monoisotopic (exact) mass is 335 g/mol. The minimum atomic E-state index is 0.142. The van der Waals surface area contributed by atoms with E-state index < -0.39 is 0 Å². The molecular formula is C13H9Cl4NO. The first-order valence-electron chi connectivity index (χ1n) is 5.34. The molecule has 2 nitrogen and oxygen atoms in total. The lowest BCUT2D eigenvalue weighted by Gasteiger charge is -2.10. The third-order valence-electron chi connectivity index (χ3n) is 2.48. The topological polar surface area (TPSA) is 22.1 Å². The van der Waals surface area contributed by atoms with Crippen LogP contribution in [-0.2, 0) is 0 Å². The standard InChI is InChI=1S/C13H9Cl4NO/c1-6-3-8(4-7(2)11(6)16)19-13-10(15)5-9(14)12(17)18-13/h3-5H,1-2H3. The average Bonchev–Trinajstić information content (AvgIpc) is 2.33. The van der Waals surface area contributed by atoms with Crippen LogP contribution in [0, 0.1) is 13.8 Å². The third kappa shape index (κ3) is 3.26. The maximum absolute atomic E-state index is 6.09. The molecule has 0 unspecified atom stereocenters. The molecule has 0 saturated heterocycles. The molecule has 2 aromatic rings. The van der Waals surface area contributed by atoms with E-state index >= 15 is 0 Å². The number of hydrogen-bond acceptors (Lipinski definition) is 2. The summed E-state index contributed by atoms with van der Waals surface area (Å²) in [6.07, 6.45) is 0. The number of pyridine rings is 1. The van der Waals surface area contributed by atoms with Crippen LogP contribution in [-0.4, -0.2) is 4.98 Å². The highest BCUT2D eigenvalue weighted by molar-refractivity contribution is 6.42. The Morgan fingerprint density at radius 1 is 0.895 bits per heavy atom. The minimum absolute atomic E-state index is 0.142. The number of halogens is 4. The van der Waals surface area contributed by atoms with Crippen molar-refractivity contribution < 1.29 is 4.74 Å². The van der Waals surface area contributed by atoms with Crippen LogP contribution in [0.5, 0.6) is 11.6 Å². The zero-order valence-electron chi connectivity index (χ0n) is 10.1. The van der Waals surface area contributed by atoms with Crippen molar-refractivity contribution in [3.63, 3.8) is 0 Å². The molecule has 6 heteroatoms. The molecule has 0 aliphatic rings. The highest BCUT2D eigenvalue weighted by Gasteiger charge is 2.11. The fraction of sp³-hybridized carbons (Fsp3) is 0.154. The molecule has 0 amide bonds. The Bertz CT molecular complexity index is 620. The van der Waals surface area contributed by atoms with E-state index in [2.05, 4.69) is 4.98 Å². The zero-order chi connectivity index (χ0) is 14.2. The average molecular weight is 337 g/mol. The van der Waals surface area contributed by atoms with Gasteiger partial charge in [-0.2, -0.15) is 4.98 Å². The van der Waals surface area contributed by atoms with Gasteiger partial charge in [0.15, 0.2) is 5.15 Å². The van der Waals surface area contributed by atoms with E-state index in [1.54, 1.807) is 12.1 Å². The molecule has 0 aliphatic carbocycles. The van der Waals surface area contributed by atoms with Crippen LogP contribution in [0.2, 0.25) is 20.2 Å². The molecule has 2 rings (SSSR count). The van der Waals surface area contributed by atoms with Crippen molar-refractivity contribution in [2.24, 2.45) is 0 Å². The maximum Gasteiger partial charge on any atom is 0.239 e. The van der Waals surface area contributed by atoms with Crippen LogP contribution in [0.25, 0.3) is 0 Å². The van der Waals surface area contributed by atoms with Crippen LogP contribution in [0.1, 0.15) is 11.1 Å². The molecule has 1 aromatic heterocycles. The first-order chi connectivity index (χ1) is 8.88. The molecular weight excluding hydrogens is 328 g/mol. The van der Waals surface area contributed by atoms with E-state index in [0.717, 1.165) is 11.1 Å². The Kier molecular flexibility index (Phi) is 4.46. The van der Waals surface area contributed by atoms with Crippen molar-refractivity contribution in [3.8, 4) is 11.6 Å². The number of hydrogen-bond donors (Lipinski definition) is 0. The van der Waals surface area contributed by atoms with Crippen molar-refractivity contribution in [3.05, 3.63) is 49.5 Å². The normalized spacial score (nSPS) is 10.6. The lowest BCUT2D eigenvalue weighted by molar-refractivity contribution is 0.462. The molecule has 0 fully saturated rings. The minimum Gasteiger partial charge on any atom is -0.437 e. The summed E-state index contributed by atoms with van der Waals surface area (Å²) in [4.78, 5) is 4.00. The Morgan fingerprint density at radius 3 is 2.05 bits per heavy atom.